The third-order valence-corrected chi connectivity index (χ3v) is 5.61. The maximum absolute atomic E-state index is 12.7. The van der Waals surface area contributed by atoms with Crippen molar-refractivity contribution in [1.29, 1.82) is 0 Å². The zero-order chi connectivity index (χ0) is 18.3. The fourth-order valence-corrected chi connectivity index (χ4v) is 4.13. The second-order valence-electron chi connectivity index (χ2n) is 7.06. The van der Waals surface area contributed by atoms with Crippen LogP contribution in [0.3, 0.4) is 0 Å². The van der Waals surface area contributed by atoms with Crippen molar-refractivity contribution in [3.63, 3.8) is 0 Å². The number of rotatable bonds is 3. The maximum atomic E-state index is 12.7. The molecule has 0 radical (unpaired) electrons. The molecule has 26 heavy (non-hydrogen) atoms. The number of carbonyl (C=O) groups is 2. The first-order valence-electron chi connectivity index (χ1n) is 9.01. The van der Waals surface area contributed by atoms with Crippen LogP contribution in [0.2, 0.25) is 5.15 Å². The summed E-state index contributed by atoms with van der Waals surface area (Å²) < 4.78 is 0. The Morgan fingerprint density at radius 1 is 1.12 bits per heavy atom. The van der Waals surface area contributed by atoms with Crippen LogP contribution >= 0.6 is 11.6 Å². The number of pyridine rings is 2. The van der Waals surface area contributed by atoms with E-state index in [0.717, 1.165) is 24.2 Å². The summed E-state index contributed by atoms with van der Waals surface area (Å²) in [6, 6.07) is 5.11. The van der Waals surface area contributed by atoms with Crippen LogP contribution < -0.4 is 5.56 Å². The summed E-state index contributed by atoms with van der Waals surface area (Å²) in [7, 11) is 0. The highest BCUT2D eigenvalue weighted by Crippen LogP contribution is 2.28. The highest BCUT2D eigenvalue weighted by atomic mass is 35.5. The van der Waals surface area contributed by atoms with Gasteiger partial charge in [-0.15, -0.1) is 0 Å². The molecule has 134 valence electrons. The second kappa shape index (κ2) is 6.80. The molecule has 4 rings (SSSR count). The first kappa shape index (κ1) is 17.2. The van der Waals surface area contributed by atoms with Gasteiger partial charge in [0.05, 0.1) is 5.69 Å². The van der Waals surface area contributed by atoms with Gasteiger partial charge in [-0.25, -0.2) is 4.98 Å². The number of Topliss-reactive ketones (excluding diaryl/α,β-unsaturated/α-hetero) is 2. The lowest BCUT2D eigenvalue weighted by Crippen LogP contribution is -2.26. The van der Waals surface area contributed by atoms with E-state index >= 15 is 0 Å². The van der Waals surface area contributed by atoms with Crippen molar-refractivity contribution in [2.24, 2.45) is 5.92 Å². The molecule has 0 aliphatic heterocycles. The third-order valence-electron chi connectivity index (χ3n) is 5.40. The molecular formula is C20H19ClN2O3. The number of hydrogen-bond donors (Lipinski definition) is 1. The predicted octanol–water partition coefficient (Wildman–Crippen LogP) is 3.32. The smallest absolute Gasteiger partial charge is 0.251 e. The Balaban J connectivity index is 1.52. The summed E-state index contributed by atoms with van der Waals surface area (Å²) in [5.41, 5.74) is 3.24. The van der Waals surface area contributed by atoms with Gasteiger partial charge in [0.1, 0.15) is 5.15 Å². The van der Waals surface area contributed by atoms with Crippen LogP contribution in [0.25, 0.3) is 0 Å². The van der Waals surface area contributed by atoms with Gasteiger partial charge in [-0.1, -0.05) is 11.6 Å². The topological polar surface area (TPSA) is 79.9 Å². The Hall–Kier alpha value is -2.27. The fraction of sp³-hybridized carbons (Fsp3) is 0.400. The highest BCUT2D eigenvalue weighted by molar-refractivity contribution is 6.29. The van der Waals surface area contributed by atoms with E-state index in [1.54, 1.807) is 18.2 Å². The average Bonchev–Trinajstić information content (AvgIpc) is 2.62. The van der Waals surface area contributed by atoms with Crippen LogP contribution in [0, 0.1) is 5.92 Å². The second-order valence-corrected chi connectivity index (χ2v) is 7.45. The van der Waals surface area contributed by atoms with Gasteiger partial charge in [0.25, 0.3) is 5.56 Å². The first-order valence-corrected chi connectivity index (χ1v) is 9.38. The molecule has 0 unspecified atom stereocenters. The van der Waals surface area contributed by atoms with E-state index in [4.69, 9.17) is 11.6 Å². The van der Waals surface area contributed by atoms with E-state index < -0.39 is 0 Å². The number of nitrogens with zero attached hydrogens (tertiary/aromatic N) is 1. The SMILES string of the molecule is O=C1CCCc2[nH]c(=O)c(CC[C@H]3CCc4nc(Cl)ccc4C3=O)cc21. The van der Waals surface area contributed by atoms with Crippen LogP contribution in [0.15, 0.2) is 23.0 Å². The number of carbonyl (C=O) groups excluding carboxylic acids is 2. The van der Waals surface area contributed by atoms with Gasteiger partial charge in [-0.3, -0.25) is 14.4 Å². The Morgan fingerprint density at radius 2 is 1.96 bits per heavy atom. The number of aromatic amines is 1. The lowest BCUT2D eigenvalue weighted by atomic mass is 9.82. The number of fused-ring (bicyclic) bond motifs is 2. The Labute approximate surface area is 155 Å². The van der Waals surface area contributed by atoms with E-state index in [0.29, 0.717) is 53.9 Å². The van der Waals surface area contributed by atoms with E-state index in [1.165, 1.54) is 0 Å². The van der Waals surface area contributed by atoms with Crippen LogP contribution in [0.1, 0.15) is 63.4 Å². The number of hydrogen-bond acceptors (Lipinski definition) is 4. The molecule has 0 fully saturated rings. The summed E-state index contributed by atoms with van der Waals surface area (Å²) in [4.78, 5) is 44.2. The monoisotopic (exact) mass is 370 g/mol. The molecule has 5 nitrogen and oxygen atoms in total. The van der Waals surface area contributed by atoms with Crippen molar-refractivity contribution in [3.05, 3.63) is 61.8 Å². The zero-order valence-corrected chi connectivity index (χ0v) is 15.1. The molecular weight excluding hydrogens is 352 g/mol. The molecule has 0 bridgehead atoms. The van der Waals surface area contributed by atoms with E-state index in [9.17, 15) is 14.4 Å². The van der Waals surface area contributed by atoms with E-state index in [1.807, 2.05) is 0 Å². The standard InChI is InChI=1S/C20H19ClN2O3/c21-18-9-7-13-16(22-18)8-6-11(19(13)25)4-5-12-10-14-15(23-20(12)26)2-1-3-17(14)24/h7,9-11H,1-6,8H2,(H,23,26)/t11-/m0/s1. The quantitative estimate of drug-likeness (QED) is 0.840. The molecule has 0 saturated carbocycles. The lowest BCUT2D eigenvalue weighted by Gasteiger charge is -2.22. The minimum Gasteiger partial charge on any atom is -0.325 e. The zero-order valence-electron chi connectivity index (χ0n) is 14.3. The number of aryl methyl sites for hydroxylation is 3. The molecule has 2 aromatic rings. The van der Waals surface area contributed by atoms with Crippen LogP contribution in [-0.4, -0.2) is 21.5 Å². The normalized spacial score (nSPS) is 19.2. The Bertz CT molecular complexity index is 964. The summed E-state index contributed by atoms with van der Waals surface area (Å²) in [6.07, 6.45) is 4.57. The molecule has 2 aliphatic carbocycles. The van der Waals surface area contributed by atoms with Crippen molar-refractivity contribution in [3.8, 4) is 0 Å². The minimum atomic E-state index is -0.143. The van der Waals surface area contributed by atoms with Crippen molar-refractivity contribution in [2.75, 3.05) is 0 Å². The van der Waals surface area contributed by atoms with E-state index in [2.05, 4.69) is 9.97 Å². The largest absolute Gasteiger partial charge is 0.325 e. The Morgan fingerprint density at radius 3 is 2.81 bits per heavy atom. The van der Waals surface area contributed by atoms with Gasteiger partial charge in [0.2, 0.25) is 0 Å². The summed E-state index contributed by atoms with van der Waals surface area (Å²) in [5.74, 6) is 0.0341. The average molecular weight is 371 g/mol. The molecule has 2 aromatic heterocycles. The molecule has 1 N–H and O–H groups in total. The highest BCUT2D eigenvalue weighted by Gasteiger charge is 2.28. The lowest BCUT2D eigenvalue weighted by molar-refractivity contribution is 0.0892. The molecule has 0 spiro atoms. The molecule has 0 aromatic carbocycles. The van der Waals surface area contributed by atoms with Crippen molar-refractivity contribution in [2.45, 2.75) is 44.9 Å². The Kier molecular flexibility index (Phi) is 4.49. The van der Waals surface area contributed by atoms with Gasteiger partial charge in [-0.05, 0) is 56.7 Å². The number of halogens is 1. The van der Waals surface area contributed by atoms with Crippen LogP contribution in [0.5, 0.6) is 0 Å². The van der Waals surface area contributed by atoms with Gasteiger partial charge in [0, 0.05) is 34.7 Å². The van der Waals surface area contributed by atoms with Gasteiger partial charge in [0.15, 0.2) is 11.6 Å². The third kappa shape index (κ3) is 3.12. The van der Waals surface area contributed by atoms with Crippen molar-refractivity contribution < 1.29 is 9.59 Å². The molecule has 2 heterocycles. The van der Waals surface area contributed by atoms with Crippen LogP contribution in [-0.2, 0) is 19.3 Å². The number of ketones is 2. The first-order chi connectivity index (χ1) is 12.5. The summed E-state index contributed by atoms with van der Waals surface area (Å²) >= 11 is 5.90. The number of aromatic nitrogens is 2. The van der Waals surface area contributed by atoms with Gasteiger partial charge >= 0.3 is 0 Å². The predicted molar refractivity (Wildman–Crippen MR) is 98.0 cm³/mol. The molecule has 1 atom stereocenters. The summed E-state index contributed by atoms with van der Waals surface area (Å²) in [5, 5.41) is 0.403. The molecule has 6 heteroatoms. The van der Waals surface area contributed by atoms with Gasteiger partial charge in [-0.2, -0.15) is 0 Å². The molecule has 0 saturated heterocycles. The fourth-order valence-electron chi connectivity index (χ4n) is 3.96. The number of H-pyrrole nitrogens is 1. The van der Waals surface area contributed by atoms with Gasteiger partial charge < -0.3 is 4.98 Å². The molecule has 0 amide bonds. The van der Waals surface area contributed by atoms with Crippen molar-refractivity contribution >= 4 is 23.2 Å². The minimum absolute atomic E-state index is 0.0703. The van der Waals surface area contributed by atoms with E-state index in [-0.39, 0.29) is 23.0 Å². The van der Waals surface area contributed by atoms with Crippen molar-refractivity contribution in [1.82, 2.24) is 9.97 Å². The molecule has 2 aliphatic rings. The number of nitrogens with one attached hydrogen (secondary N) is 1. The summed E-state index contributed by atoms with van der Waals surface area (Å²) in [6.45, 7) is 0. The maximum Gasteiger partial charge on any atom is 0.251 e. The van der Waals surface area contributed by atoms with Crippen LogP contribution in [0.4, 0.5) is 0 Å².